The number of piperidine rings is 1. The molecule has 120 valence electrons. The molecular weight excluding hydrogens is 290 g/mol. The molecule has 2 atom stereocenters. The van der Waals surface area contributed by atoms with Crippen molar-refractivity contribution in [2.24, 2.45) is 0 Å². The summed E-state index contributed by atoms with van der Waals surface area (Å²) in [6, 6.07) is 17.5. The molecule has 0 aliphatic carbocycles. The Morgan fingerprint density at radius 3 is 2.78 bits per heavy atom. The highest BCUT2D eigenvalue weighted by Crippen LogP contribution is 2.26. The first kappa shape index (κ1) is 15.7. The maximum absolute atomic E-state index is 11.0. The number of benzene rings is 2. The number of rotatable bonds is 5. The van der Waals surface area contributed by atoms with E-state index in [1.54, 1.807) is 18.2 Å². The molecule has 0 amide bonds. The van der Waals surface area contributed by atoms with E-state index in [0.717, 1.165) is 24.9 Å². The molecule has 3 rings (SSSR count). The molecule has 23 heavy (non-hydrogen) atoms. The Balaban J connectivity index is 1.68. The van der Waals surface area contributed by atoms with Crippen molar-refractivity contribution in [3.05, 3.63) is 71.3 Å². The standard InChI is InChI=1S/C19H21NO3/c21-19(22)16-9-4-6-14(12-16)13-23-17-10-5-11-20-18(17)15-7-2-1-3-8-15/h1-4,6-9,12,17-18,20H,5,10-11,13H2,(H,21,22)/t17-,18-/m1/s1. The van der Waals surface area contributed by atoms with E-state index in [2.05, 4.69) is 17.4 Å². The highest BCUT2D eigenvalue weighted by atomic mass is 16.5. The Morgan fingerprint density at radius 1 is 1.17 bits per heavy atom. The predicted molar refractivity (Wildman–Crippen MR) is 88.4 cm³/mol. The lowest BCUT2D eigenvalue weighted by atomic mass is 9.94. The molecule has 2 aromatic carbocycles. The zero-order valence-electron chi connectivity index (χ0n) is 12.9. The average Bonchev–Trinajstić information content (AvgIpc) is 2.61. The summed E-state index contributed by atoms with van der Waals surface area (Å²) >= 11 is 0. The van der Waals surface area contributed by atoms with E-state index in [1.165, 1.54) is 5.56 Å². The number of ether oxygens (including phenoxy) is 1. The van der Waals surface area contributed by atoms with Crippen LogP contribution in [0, 0.1) is 0 Å². The van der Waals surface area contributed by atoms with E-state index < -0.39 is 5.97 Å². The van der Waals surface area contributed by atoms with Gasteiger partial charge in [-0.05, 0) is 42.6 Å². The minimum atomic E-state index is -0.909. The third-order valence-corrected chi connectivity index (χ3v) is 4.20. The summed E-state index contributed by atoms with van der Waals surface area (Å²) in [5, 5.41) is 12.6. The highest BCUT2D eigenvalue weighted by Gasteiger charge is 2.26. The minimum absolute atomic E-state index is 0.0969. The first-order valence-electron chi connectivity index (χ1n) is 7.96. The minimum Gasteiger partial charge on any atom is -0.478 e. The first-order chi connectivity index (χ1) is 11.2. The second kappa shape index (κ2) is 7.40. The molecular formula is C19H21NO3. The normalized spacial score (nSPS) is 21.0. The van der Waals surface area contributed by atoms with Crippen LogP contribution in [-0.2, 0) is 11.3 Å². The number of nitrogens with one attached hydrogen (secondary N) is 1. The SMILES string of the molecule is O=C(O)c1cccc(CO[C@@H]2CCCN[C@@H]2c2ccccc2)c1. The molecule has 1 saturated heterocycles. The summed E-state index contributed by atoms with van der Waals surface area (Å²) in [6.45, 7) is 1.42. The lowest BCUT2D eigenvalue weighted by molar-refractivity contribution is -0.00359. The molecule has 0 aromatic heterocycles. The van der Waals surface area contributed by atoms with Crippen LogP contribution in [0.15, 0.2) is 54.6 Å². The number of carbonyl (C=O) groups is 1. The zero-order valence-corrected chi connectivity index (χ0v) is 12.9. The van der Waals surface area contributed by atoms with Crippen molar-refractivity contribution in [2.75, 3.05) is 6.54 Å². The zero-order chi connectivity index (χ0) is 16.1. The molecule has 1 heterocycles. The predicted octanol–water partition coefficient (Wildman–Crippen LogP) is 3.39. The van der Waals surface area contributed by atoms with Crippen molar-refractivity contribution in [3.63, 3.8) is 0 Å². The van der Waals surface area contributed by atoms with Crippen molar-refractivity contribution in [1.29, 1.82) is 0 Å². The summed E-state index contributed by atoms with van der Waals surface area (Å²) in [7, 11) is 0. The van der Waals surface area contributed by atoms with Gasteiger partial charge in [-0.25, -0.2) is 4.79 Å². The van der Waals surface area contributed by atoms with Crippen molar-refractivity contribution in [2.45, 2.75) is 31.6 Å². The lowest BCUT2D eigenvalue weighted by Crippen LogP contribution is -2.39. The van der Waals surface area contributed by atoms with E-state index in [4.69, 9.17) is 9.84 Å². The van der Waals surface area contributed by atoms with Crippen LogP contribution in [0.3, 0.4) is 0 Å². The van der Waals surface area contributed by atoms with Gasteiger partial charge in [-0.15, -0.1) is 0 Å². The van der Waals surface area contributed by atoms with Gasteiger partial charge in [0.15, 0.2) is 0 Å². The van der Waals surface area contributed by atoms with Gasteiger partial charge in [0.05, 0.1) is 24.3 Å². The van der Waals surface area contributed by atoms with E-state index in [-0.39, 0.29) is 12.1 Å². The Labute approximate surface area is 136 Å². The molecule has 2 aromatic rings. The van der Waals surface area contributed by atoms with Crippen LogP contribution in [0.5, 0.6) is 0 Å². The fourth-order valence-electron chi connectivity index (χ4n) is 3.03. The second-order valence-electron chi connectivity index (χ2n) is 5.84. The van der Waals surface area contributed by atoms with Crippen molar-refractivity contribution in [1.82, 2.24) is 5.32 Å². The molecule has 4 nitrogen and oxygen atoms in total. The average molecular weight is 311 g/mol. The van der Waals surface area contributed by atoms with Crippen molar-refractivity contribution < 1.29 is 14.6 Å². The molecule has 0 bridgehead atoms. The second-order valence-corrected chi connectivity index (χ2v) is 5.84. The van der Waals surface area contributed by atoms with Crippen LogP contribution >= 0.6 is 0 Å². The van der Waals surface area contributed by atoms with Crippen molar-refractivity contribution >= 4 is 5.97 Å². The summed E-state index contributed by atoms with van der Waals surface area (Å²) in [5.74, 6) is -0.909. The highest BCUT2D eigenvalue weighted by molar-refractivity contribution is 5.87. The fourth-order valence-corrected chi connectivity index (χ4v) is 3.03. The van der Waals surface area contributed by atoms with Gasteiger partial charge in [0.25, 0.3) is 0 Å². The van der Waals surface area contributed by atoms with Gasteiger partial charge >= 0.3 is 5.97 Å². The number of hydrogen-bond donors (Lipinski definition) is 2. The Kier molecular flexibility index (Phi) is 5.05. The molecule has 0 unspecified atom stereocenters. The Hall–Kier alpha value is -2.17. The van der Waals surface area contributed by atoms with Gasteiger partial charge in [-0.2, -0.15) is 0 Å². The quantitative estimate of drug-likeness (QED) is 0.888. The van der Waals surface area contributed by atoms with Crippen LogP contribution < -0.4 is 5.32 Å². The van der Waals surface area contributed by atoms with Gasteiger partial charge < -0.3 is 15.2 Å². The van der Waals surface area contributed by atoms with Gasteiger partial charge in [0.1, 0.15) is 0 Å². The summed E-state index contributed by atoms with van der Waals surface area (Å²) in [5.41, 5.74) is 2.42. The van der Waals surface area contributed by atoms with E-state index in [0.29, 0.717) is 12.2 Å². The fraction of sp³-hybridized carbons (Fsp3) is 0.316. The summed E-state index contributed by atoms with van der Waals surface area (Å²) in [6.07, 6.45) is 2.19. The van der Waals surface area contributed by atoms with E-state index >= 15 is 0 Å². The molecule has 4 heteroatoms. The number of aromatic carboxylic acids is 1. The number of hydrogen-bond acceptors (Lipinski definition) is 3. The molecule has 2 N–H and O–H groups in total. The largest absolute Gasteiger partial charge is 0.478 e. The molecule has 0 spiro atoms. The first-order valence-corrected chi connectivity index (χ1v) is 7.96. The summed E-state index contributed by atoms with van der Waals surface area (Å²) in [4.78, 5) is 11.0. The molecule has 1 fully saturated rings. The third-order valence-electron chi connectivity index (χ3n) is 4.20. The summed E-state index contributed by atoms with van der Waals surface area (Å²) < 4.78 is 6.12. The molecule has 0 radical (unpaired) electrons. The lowest BCUT2D eigenvalue weighted by Gasteiger charge is -2.33. The topological polar surface area (TPSA) is 58.6 Å². The number of carboxylic acid groups (broad SMARTS) is 1. The maximum Gasteiger partial charge on any atom is 0.335 e. The smallest absolute Gasteiger partial charge is 0.335 e. The molecule has 1 aliphatic rings. The monoisotopic (exact) mass is 311 g/mol. The van der Waals surface area contributed by atoms with Crippen molar-refractivity contribution in [3.8, 4) is 0 Å². The Morgan fingerprint density at radius 2 is 2.00 bits per heavy atom. The molecule has 0 saturated carbocycles. The van der Waals surface area contributed by atoms with Crippen LogP contribution in [0.1, 0.15) is 40.4 Å². The van der Waals surface area contributed by atoms with E-state index in [1.807, 2.05) is 24.3 Å². The van der Waals surface area contributed by atoms with Gasteiger partial charge in [0, 0.05) is 0 Å². The van der Waals surface area contributed by atoms with Crippen LogP contribution in [0.25, 0.3) is 0 Å². The third kappa shape index (κ3) is 3.97. The Bertz CT molecular complexity index is 657. The van der Waals surface area contributed by atoms with Gasteiger partial charge in [-0.3, -0.25) is 0 Å². The van der Waals surface area contributed by atoms with E-state index in [9.17, 15) is 4.79 Å². The molecule has 1 aliphatic heterocycles. The van der Waals surface area contributed by atoms with Gasteiger partial charge in [-0.1, -0.05) is 42.5 Å². The van der Waals surface area contributed by atoms with Crippen LogP contribution in [0.2, 0.25) is 0 Å². The number of carboxylic acids is 1. The van der Waals surface area contributed by atoms with Crippen LogP contribution in [-0.4, -0.2) is 23.7 Å². The van der Waals surface area contributed by atoms with Crippen LogP contribution in [0.4, 0.5) is 0 Å². The maximum atomic E-state index is 11.0. The van der Waals surface area contributed by atoms with Gasteiger partial charge in [0.2, 0.25) is 0 Å².